The van der Waals surface area contributed by atoms with Crippen LogP contribution >= 0.6 is 11.8 Å². The molecule has 0 atom stereocenters. The molecule has 2 aliphatic heterocycles. The average Bonchev–Trinajstić information content (AvgIpc) is 2.47. The van der Waals surface area contributed by atoms with Crippen LogP contribution in [0.15, 0.2) is 17.0 Å². The smallest absolute Gasteiger partial charge is 0.162 e. The highest BCUT2D eigenvalue weighted by molar-refractivity contribution is 7.98. The third kappa shape index (κ3) is 3.00. The van der Waals surface area contributed by atoms with Crippen LogP contribution in [-0.2, 0) is 6.42 Å². The van der Waals surface area contributed by atoms with Crippen molar-refractivity contribution in [3.63, 3.8) is 0 Å². The van der Waals surface area contributed by atoms with Crippen molar-refractivity contribution in [1.82, 2.24) is 5.32 Å². The maximum absolute atomic E-state index is 5.71. The van der Waals surface area contributed by atoms with Gasteiger partial charge in [-0.3, -0.25) is 0 Å². The van der Waals surface area contributed by atoms with Gasteiger partial charge in [0.05, 0.1) is 0 Å². The van der Waals surface area contributed by atoms with Crippen molar-refractivity contribution in [3.05, 3.63) is 17.7 Å². The number of nitrogens with one attached hydrogen (secondary N) is 1. The van der Waals surface area contributed by atoms with Crippen LogP contribution in [-0.4, -0.2) is 32.6 Å². The molecule has 3 rings (SSSR count). The number of ether oxygens (including phenoxy) is 2. The van der Waals surface area contributed by atoms with Crippen LogP contribution in [0, 0.1) is 5.92 Å². The largest absolute Gasteiger partial charge is 0.486 e. The van der Waals surface area contributed by atoms with Gasteiger partial charge in [-0.1, -0.05) is 0 Å². The number of hydrogen-bond acceptors (Lipinski definition) is 4. The minimum absolute atomic E-state index is 0.661. The van der Waals surface area contributed by atoms with E-state index in [2.05, 4.69) is 23.7 Å². The lowest BCUT2D eigenvalue weighted by molar-refractivity contribution is 0.170. The fraction of sp³-hybridized carbons (Fsp3) is 0.600. The van der Waals surface area contributed by atoms with Crippen molar-refractivity contribution < 1.29 is 9.47 Å². The lowest BCUT2D eigenvalue weighted by Crippen LogP contribution is -2.28. The summed E-state index contributed by atoms with van der Waals surface area (Å²) in [4.78, 5) is 1.34. The molecular weight excluding hydrogens is 258 g/mol. The van der Waals surface area contributed by atoms with Crippen LogP contribution in [0.1, 0.15) is 18.4 Å². The van der Waals surface area contributed by atoms with Crippen molar-refractivity contribution in [2.45, 2.75) is 24.2 Å². The van der Waals surface area contributed by atoms with Crippen molar-refractivity contribution in [2.75, 3.05) is 32.6 Å². The van der Waals surface area contributed by atoms with E-state index < -0.39 is 0 Å². The number of benzene rings is 1. The highest BCUT2D eigenvalue weighted by Gasteiger charge is 2.19. The molecule has 0 aromatic heterocycles. The zero-order chi connectivity index (χ0) is 13.1. The lowest BCUT2D eigenvalue weighted by Gasteiger charge is -2.25. The molecule has 0 aliphatic carbocycles. The van der Waals surface area contributed by atoms with Crippen molar-refractivity contribution in [3.8, 4) is 11.5 Å². The van der Waals surface area contributed by atoms with Crippen LogP contribution in [0.25, 0.3) is 0 Å². The Labute approximate surface area is 119 Å². The molecule has 0 bridgehead atoms. The van der Waals surface area contributed by atoms with E-state index in [0.29, 0.717) is 13.2 Å². The summed E-state index contributed by atoms with van der Waals surface area (Å²) in [5.41, 5.74) is 1.42. The van der Waals surface area contributed by atoms with Gasteiger partial charge in [-0.25, -0.2) is 0 Å². The normalized spacial score (nSPS) is 19.4. The summed E-state index contributed by atoms with van der Waals surface area (Å²) in [5.74, 6) is 2.63. The number of hydrogen-bond donors (Lipinski definition) is 1. The average molecular weight is 279 g/mol. The highest BCUT2D eigenvalue weighted by Crippen LogP contribution is 2.38. The van der Waals surface area contributed by atoms with Gasteiger partial charge in [0.2, 0.25) is 0 Å². The Balaban J connectivity index is 1.82. The summed E-state index contributed by atoms with van der Waals surface area (Å²) >= 11 is 1.81. The molecule has 4 heteroatoms. The van der Waals surface area contributed by atoms with Gasteiger partial charge >= 0.3 is 0 Å². The van der Waals surface area contributed by atoms with Gasteiger partial charge in [0.15, 0.2) is 11.5 Å². The fourth-order valence-electron chi connectivity index (χ4n) is 2.86. The lowest BCUT2D eigenvalue weighted by atomic mass is 9.91. The molecule has 1 aromatic rings. The first-order valence-electron chi connectivity index (χ1n) is 7.04. The van der Waals surface area contributed by atoms with E-state index in [1.54, 1.807) is 11.8 Å². The molecule has 2 heterocycles. The van der Waals surface area contributed by atoms with Gasteiger partial charge in [-0.05, 0) is 62.2 Å². The molecule has 0 saturated carbocycles. The van der Waals surface area contributed by atoms with Crippen molar-refractivity contribution in [2.24, 2.45) is 5.92 Å². The zero-order valence-electron chi connectivity index (χ0n) is 11.4. The second-order valence-electron chi connectivity index (χ2n) is 5.21. The van der Waals surface area contributed by atoms with Gasteiger partial charge in [0, 0.05) is 4.90 Å². The molecule has 0 radical (unpaired) electrons. The van der Waals surface area contributed by atoms with Gasteiger partial charge in [0.25, 0.3) is 0 Å². The predicted molar refractivity (Wildman–Crippen MR) is 78.5 cm³/mol. The third-order valence-corrected chi connectivity index (χ3v) is 4.73. The van der Waals surface area contributed by atoms with Gasteiger partial charge in [0.1, 0.15) is 13.2 Å². The maximum atomic E-state index is 5.71. The molecular formula is C15H21NO2S. The fourth-order valence-corrected chi connectivity index (χ4v) is 3.49. The predicted octanol–water partition coefficient (Wildman–Crippen LogP) is 2.72. The second kappa shape index (κ2) is 6.06. The Morgan fingerprint density at radius 2 is 1.84 bits per heavy atom. The Hall–Kier alpha value is -0.870. The third-order valence-electron chi connectivity index (χ3n) is 3.91. The molecule has 104 valence electrons. The Kier molecular flexibility index (Phi) is 4.18. The molecule has 1 saturated heterocycles. The van der Waals surface area contributed by atoms with E-state index >= 15 is 0 Å². The number of piperidine rings is 1. The number of rotatable bonds is 3. The first-order chi connectivity index (χ1) is 9.36. The van der Waals surface area contributed by atoms with E-state index in [0.717, 1.165) is 36.9 Å². The quantitative estimate of drug-likeness (QED) is 0.862. The molecule has 2 aliphatic rings. The SMILES string of the molecule is CSc1cc2c(cc1CC1CCNCC1)OCCO2. The topological polar surface area (TPSA) is 30.5 Å². The molecule has 0 unspecified atom stereocenters. The molecule has 1 aromatic carbocycles. The summed E-state index contributed by atoms with van der Waals surface area (Å²) in [7, 11) is 0. The summed E-state index contributed by atoms with van der Waals surface area (Å²) in [6.45, 7) is 3.64. The number of fused-ring (bicyclic) bond motifs is 1. The first-order valence-corrected chi connectivity index (χ1v) is 8.26. The van der Waals surface area contributed by atoms with Crippen LogP contribution in [0.2, 0.25) is 0 Å². The highest BCUT2D eigenvalue weighted by atomic mass is 32.2. The minimum atomic E-state index is 0.661. The van der Waals surface area contributed by atoms with Crippen molar-refractivity contribution >= 4 is 11.8 Å². The van der Waals surface area contributed by atoms with E-state index in [9.17, 15) is 0 Å². The minimum Gasteiger partial charge on any atom is -0.486 e. The van der Waals surface area contributed by atoms with E-state index in [1.165, 1.54) is 23.3 Å². The number of thioether (sulfide) groups is 1. The standard InChI is InChI=1S/C15H21NO2S/c1-19-15-10-14-13(17-6-7-18-14)9-12(15)8-11-2-4-16-5-3-11/h9-11,16H,2-8H2,1H3. The van der Waals surface area contributed by atoms with E-state index in [-0.39, 0.29) is 0 Å². The Bertz CT molecular complexity index is 444. The molecule has 3 nitrogen and oxygen atoms in total. The first kappa shape index (κ1) is 13.1. The molecule has 1 fully saturated rings. The summed E-state index contributed by atoms with van der Waals surface area (Å²) in [5, 5.41) is 3.43. The van der Waals surface area contributed by atoms with Crippen LogP contribution < -0.4 is 14.8 Å². The summed E-state index contributed by atoms with van der Waals surface area (Å²) < 4.78 is 11.4. The Morgan fingerprint density at radius 1 is 1.16 bits per heavy atom. The van der Waals surface area contributed by atoms with Crippen molar-refractivity contribution in [1.29, 1.82) is 0 Å². The van der Waals surface area contributed by atoms with Gasteiger partial charge in [-0.15, -0.1) is 11.8 Å². The molecule has 0 spiro atoms. The maximum Gasteiger partial charge on any atom is 0.162 e. The van der Waals surface area contributed by atoms with E-state index in [1.807, 2.05) is 0 Å². The van der Waals surface area contributed by atoms with E-state index in [4.69, 9.17) is 9.47 Å². The molecule has 19 heavy (non-hydrogen) atoms. The molecule has 1 N–H and O–H groups in total. The monoisotopic (exact) mass is 279 g/mol. The summed E-state index contributed by atoms with van der Waals surface area (Å²) in [6, 6.07) is 4.35. The van der Waals surface area contributed by atoms with Crippen LogP contribution in [0.4, 0.5) is 0 Å². The van der Waals surface area contributed by atoms with Gasteiger partial charge < -0.3 is 14.8 Å². The van der Waals surface area contributed by atoms with Crippen LogP contribution in [0.3, 0.4) is 0 Å². The van der Waals surface area contributed by atoms with Gasteiger partial charge in [-0.2, -0.15) is 0 Å². The molecule has 0 amide bonds. The second-order valence-corrected chi connectivity index (χ2v) is 6.05. The Morgan fingerprint density at radius 3 is 2.53 bits per heavy atom. The van der Waals surface area contributed by atoms with Crippen LogP contribution in [0.5, 0.6) is 11.5 Å². The zero-order valence-corrected chi connectivity index (χ0v) is 12.2. The summed E-state index contributed by atoms with van der Waals surface area (Å²) in [6.07, 6.45) is 5.86.